The van der Waals surface area contributed by atoms with E-state index in [1.54, 1.807) is 49.4 Å². The average molecular weight is 472 g/mol. The van der Waals surface area contributed by atoms with Crippen LogP contribution in [-0.4, -0.2) is 35.9 Å². The summed E-state index contributed by atoms with van der Waals surface area (Å²) in [6, 6.07) is 11.1. The highest BCUT2D eigenvalue weighted by Crippen LogP contribution is 2.24. The first-order valence-electron chi connectivity index (χ1n) is 9.57. The van der Waals surface area contributed by atoms with Gasteiger partial charge in [0.15, 0.2) is 6.61 Å². The van der Waals surface area contributed by atoms with Gasteiger partial charge in [0.05, 0.1) is 10.0 Å². The second kappa shape index (κ2) is 11.4. The van der Waals surface area contributed by atoms with E-state index in [0.717, 1.165) is 5.56 Å². The molecule has 2 aromatic rings. The number of rotatable bonds is 9. The number of hydrogen-bond donors (Lipinski definition) is 1. The number of carbonyl (C=O) groups is 2. The standard InChI is InChI=1S/C22H25Cl3N2O3/c1-14(2)11-26-22(29)15(3)27(12-16-4-9-19(24)20(25)10-16)21(28)13-30-18-7-5-17(23)6-8-18/h4-10,14-15H,11-13H2,1-3H3,(H,26,29). The highest BCUT2D eigenvalue weighted by atomic mass is 35.5. The fraction of sp³-hybridized carbons (Fsp3) is 0.364. The summed E-state index contributed by atoms with van der Waals surface area (Å²) in [6.45, 7) is 6.19. The summed E-state index contributed by atoms with van der Waals surface area (Å²) < 4.78 is 5.58. The van der Waals surface area contributed by atoms with Crippen molar-refractivity contribution in [3.63, 3.8) is 0 Å². The molecule has 0 spiro atoms. The van der Waals surface area contributed by atoms with Gasteiger partial charge in [-0.25, -0.2) is 0 Å². The summed E-state index contributed by atoms with van der Waals surface area (Å²) in [4.78, 5) is 27.0. The summed E-state index contributed by atoms with van der Waals surface area (Å²) in [7, 11) is 0. The lowest BCUT2D eigenvalue weighted by molar-refractivity contribution is -0.142. The molecule has 30 heavy (non-hydrogen) atoms. The fourth-order valence-electron chi connectivity index (χ4n) is 2.63. The molecular weight excluding hydrogens is 447 g/mol. The van der Waals surface area contributed by atoms with Gasteiger partial charge in [-0.2, -0.15) is 0 Å². The van der Waals surface area contributed by atoms with E-state index in [9.17, 15) is 9.59 Å². The minimum atomic E-state index is -0.695. The molecule has 0 bridgehead atoms. The zero-order valence-electron chi connectivity index (χ0n) is 17.1. The van der Waals surface area contributed by atoms with Crippen LogP contribution < -0.4 is 10.1 Å². The molecule has 2 amide bonds. The van der Waals surface area contributed by atoms with E-state index in [1.807, 2.05) is 13.8 Å². The molecule has 1 N–H and O–H groups in total. The van der Waals surface area contributed by atoms with Crippen LogP contribution in [0.2, 0.25) is 15.1 Å². The fourth-order valence-corrected chi connectivity index (χ4v) is 3.08. The number of halogens is 3. The molecule has 0 radical (unpaired) electrons. The molecule has 0 saturated carbocycles. The van der Waals surface area contributed by atoms with Crippen LogP contribution in [0.4, 0.5) is 0 Å². The van der Waals surface area contributed by atoms with Crippen molar-refractivity contribution >= 4 is 46.6 Å². The van der Waals surface area contributed by atoms with Crippen LogP contribution in [0.1, 0.15) is 26.3 Å². The molecule has 8 heteroatoms. The Morgan fingerprint density at radius 3 is 2.27 bits per heavy atom. The number of benzene rings is 2. The van der Waals surface area contributed by atoms with Crippen molar-refractivity contribution in [2.45, 2.75) is 33.4 Å². The first-order valence-corrected chi connectivity index (χ1v) is 10.7. The zero-order chi connectivity index (χ0) is 22.3. The van der Waals surface area contributed by atoms with Crippen LogP contribution >= 0.6 is 34.8 Å². The third-order valence-corrected chi connectivity index (χ3v) is 5.36. The lowest BCUT2D eigenvalue weighted by atomic mass is 10.1. The Labute approximate surface area is 192 Å². The molecule has 0 aliphatic rings. The maximum atomic E-state index is 13.0. The maximum Gasteiger partial charge on any atom is 0.261 e. The average Bonchev–Trinajstić information content (AvgIpc) is 2.71. The molecule has 0 fully saturated rings. The summed E-state index contributed by atoms with van der Waals surface area (Å²) in [6.07, 6.45) is 0. The molecule has 2 rings (SSSR count). The van der Waals surface area contributed by atoms with Gasteiger partial charge >= 0.3 is 0 Å². The number of nitrogens with zero attached hydrogens (tertiary/aromatic N) is 1. The van der Waals surface area contributed by atoms with E-state index < -0.39 is 6.04 Å². The summed E-state index contributed by atoms with van der Waals surface area (Å²) in [5.41, 5.74) is 0.757. The van der Waals surface area contributed by atoms with Crippen LogP contribution in [0, 0.1) is 5.92 Å². The molecule has 0 aliphatic carbocycles. The molecule has 1 unspecified atom stereocenters. The molecule has 2 aromatic carbocycles. The lowest BCUT2D eigenvalue weighted by Gasteiger charge is -2.29. The van der Waals surface area contributed by atoms with Crippen molar-refractivity contribution in [3.05, 3.63) is 63.1 Å². The highest BCUT2D eigenvalue weighted by Gasteiger charge is 2.26. The normalized spacial score (nSPS) is 11.8. The third kappa shape index (κ3) is 7.38. The SMILES string of the molecule is CC(C)CNC(=O)C(C)N(Cc1ccc(Cl)c(Cl)c1)C(=O)COc1ccc(Cl)cc1. The predicted octanol–water partition coefficient (Wildman–Crippen LogP) is 5.22. The third-order valence-electron chi connectivity index (χ3n) is 4.36. The van der Waals surface area contributed by atoms with E-state index in [0.29, 0.717) is 33.3 Å². The zero-order valence-corrected chi connectivity index (χ0v) is 19.4. The van der Waals surface area contributed by atoms with Crippen LogP contribution in [0.5, 0.6) is 5.75 Å². The van der Waals surface area contributed by atoms with Crippen molar-refractivity contribution in [2.24, 2.45) is 5.92 Å². The minimum absolute atomic E-state index is 0.190. The van der Waals surface area contributed by atoms with E-state index in [1.165, 1.54) is 4.90 Å². The Kier molecular flexibility index (Phi) is 9.28. The van der Waals surface area contributed by atoms with Gasteiger partial charge < -0.3 is 15.0 Å². The van der Waals surface area contributed by atoms with Crippen molar-refractivity contribution in [1.29, 1.82) is 0 Å². The predicted molar refractivity (Wildman–Crippen MR) is 121 cm³/mol. The van der Waals surface area contributed by atoms with Gasteiger partial charge in [0.1, 0.15) is 11.8 Å². The molecule has 0 aromatic heterocycles. The van der Waals surface area contributed by atoms with Gasteiger partial charge in [-0.1, -0.05) is 54.7 Å². The highest BCUT2D eigenvalue weighted by molar-refractivity contribution is 6.42. The van der Waals surface area contributed by atoms with Gasteiger partial charge in [-0.3, -0.25) is 9.59 Å². The monoisotopic (exact) mass is 470 g/mol. The molecule has 0 saturated heterocycles. The smallest absolute Gasteiger partial charge is 0.261 e. The number of amides is 2. The van der Waals surface area contributed by atoms with Crippen LogP contribution in [0.15, 0.2) is 42.5 Å². The van der Waals surface area contributed by atoms with Gasteiger partial charge in [0.25, 0.3) is 5.91 Å². The molecule has 5 nitrogen and oxygen atoms in total. The largest absolute Gasteiger partial charge is 0.484 e. The maximum absolute atomic E-state index is 13.0. The first kappa shape index (κ1) is 24.3. The second-order valence-electron chi connectivity index (χ2n) is 7.33. The van der Waals surface area contributed by atoms with Crippen LogP contribution in [0.25, 0.3) is 0 Å². The van der Waals surface area contributed by atoms with Crippen LogP contribution in [-0.2, 0) is 16.1 Å². The summed E-state index contributed by atoms with van der Waals surface area (Å²) >= 11 is 18.0. The quantitative estimate of drug-likeness (QED) is 0.546. The van der Waals surface area contributed by atoms with Gasteiger partial charge in [0.2, 0.25) is 5.91 Å². The Bertz CT molecular complexity index is 872. The Morgan fingerprint density at radius 1 is 1.00 bits per heavy atom. The second-order valence-corrected chi connectivity index (χ2v) is 8.58. The number of nitrogens with one attached hydrogen (secondary N) is 1. The molecular formula is C22H25Cl3N2O3. The van der Waals surface area contributed by atoms with Gasteiger partial charge in [-0.05, 0) is 54.8 Å². The summed E-state index contributed by atoms with van der Waals surface area (Å²) in [5, 5.41) is 4.25. The van der Waals surface area contributed by atoms with Crippen molar-refractivity contribution in [3.8, 4) is 5.75 Å². The topological polar surface area (TPSA) is 58.6 Å². The Hall–Kier alpha value is -1.95. The lowest BCUT2D eigenvalue weighted by Crippen LogP contribution is -2.49. The van der Waals surface area contributed by atoms with E-state index in [2.05, 4.69) is 5.32 Å². The van der Waals surface area contributed by atoms with E-state index >= 15 is 0 Å². The van der Waals surface area contributed by atoms with Crippen LogP contribution in [0.3, 0.4) is 0 Å². The summed E-state index contributed by atoms with van der Waals surface area (Å²) in [5.74, 6) is 0.250. The van der Waals surface area contributed by atoms with Crippen molar-refractivity contribution < 1.29 is 14.3 Å². The number of ether oxygens (including phenoxy) is 1. The van der Waals surface area contributed by atoms with E-state index in [4.69, 9.17) is 39.5 Å². The molecule has 1 atom stereocenters. The minimum Gasteiger partial charge on any atom is -0.484 e. The Balaban J connectivity index is 2.15. The number of hydrogen-bond acceptors (Lipinski definition) is 3. The van der Waals surface area contributed by atoms with Crippen molar-refractivity contribution in [1.82, 2.24) is 10.2 Å². The molecule has 162 valence electrons. The van der Waals surface area contributed by atoms with Crippen molar-refractivity contribution in [2.75, 3.05) is 13.2 Å². The first-order chi connectivity index (χ1) is 14.2. The molecule has 0 aliphatic heterocycles. The van der Waals surface area contributed by atoms with Gasteiger partial charge in [-0.15, -0.1) is 0 Å². The van der Waals surface area contributed by atoms with Gasteiger partial charge in [0, 0.05) is 18.1 Å². The Morgan fingerprint density at radius 2 is 1.67 bits per heavy atom. The molecule has 0 heterocycles. The van der Waals surface area contributed by atoms with E-state index in [-0.39, 0.29) is 25.0 Å². The number of carbonyl (C=O) groups excluding carboxylic acids is 2.